The van der Waals surface area contributed by atoms with Crippen LogP contribution in [0.1, 0.15) is 79.1 Å². The Morgan fingerprint density at radius 2 is 1.47 bits per heavy atom. The third-order valence-electron chi connectivity index (χ3n) is 4.87. The Labute approximate surface area is 119 Å². The lowest BCUT2D eigenvalue weighted by molar-refractivity contribution is 0.0203. The second-order valence-corrected chi connectivity index (χ2v) is 6.46. The van der Waals surface area contributed by atoms with Crippen LogP contribution in [0.25, 0.3) is 0 Å². The fraction of sp³-hybridized carbons (Fsp3) is 1.00. The van der Waals surface area contributed by atoms with Crippen LogP contribution in [0.5, 0.6) is 0 Å². The molecule has 0 aliphatic carbocycles. The third kappa shape index (κ3) is 5.43. The molecule has 5 unspecified atom stereocenters. The zero-order valence-corrected chi connectivity index (χ0v) is 13.4. The Hall–Kier alpha value is -0.0800. The molecule has 0 aromatic carbocycles. The summed E-state index contributed by atoms with van der Waals surface area (Å²) in [6.45, 7) is 8.70. The second-order valence-electron chi connectivity index (χ2n) is 6.46. The van der Waals surface area contributed by atoms with E-state index in [2.05, 4.69) is 27.7 Å². The van der Waals surface area contributed by atoms with Crippen LogP contribution in [0.4, 0.5) is 0 Å². The zero-order chi connectivity index (χ0) is 14.3. The van der Waals surface area contributed by atoms with Crippen molar-refractivity contribution < 1.29 is 9.84 Å². The van der Waals surface area contributed by atoms with Gasteiger partial charge in [-0.3, -0.25) is 0 Å². The lowest BCUT2D eigenvalue weighted by Gasteiger charge is -2.24. The predicted octanol–water partition coefficient (Wildman–Crippen LogP) is 4.55. The molecule has 2 nitrogen and oxygen atoms in total. The van der Waals surface area contributed by atoms with Crippen molar-refractivity contribution in [3.63, 3.8) is 0 Å². The largest absolute Gasteiger partial charge is 0.393 e. The van der Waals surface area contributed by atoms with Crippen molar-refractivity contribution in [2.75, 3.05) is 0 Å². The van der Waals surface area contributed by atoms with Gasteiger partial charge in [0.25, 0.3) is 0 Å². The van der Waals surface area contributed by atoms with Crippen molar-refractivity contribution in [1.29, 1.82) is 0 Å². The standard InChI is InChI=1S/C17H34O2/c1-5-6-7-8-9-10-11-12-16(18)17-13(2)14(3)19-15(17)4/h13-18H,5-12H2,1-4H3. The summed E-state index contributed by atoms with van der Waals surface area (Å²) in [6.07, 6.45) is 10.5. The summed E-state index contributed by atoms with van der Waals surface area (Å²) in [7, 11) is 0. The van der Waals surface area contributed by atoms with Crippen molar-refractivity contribution >= 4 is 0 Å². The quantitative estimate of drug-likeness (QED) is 0.623. The van der Waals surface area contributed by atoms with E-state index in [0.29, 0.717) is 17.9 Å². The SMILES string of the molecule is CCCCCCCCCC(O)C1C(C)OC(C)C1C. The number of aliphatic hydroxyl groups excluding tert-OH is 1. The highest BCUT2D eigenvalue weighted by molar-refractivity contribution is 4.88. The molecule has 0 aromatic heterocycles. The van der Waals surface area contributed by atoms with Crippen molar-refractivity contribution in [1.82, 2.24) is 0 Å². The molecule has 1 N–H and O–H groups in total. The topological polar surface area (TPSA) is 29.5 Å². The third-order valence-corrected chi connectivity index (χ3v) is 4.87. The van der Waals surface area contributed by atoms with E-state index in [9.17, 15) is 5.11 Å². The van der Waals surface area contributed by atoms with E-state index in [-0.39, 0.29) is 12.2 Å². The van der Waals surface area contributed by atoms with E-state index in [4.69, 9.17) is 4.74 Å². The second kappa shape index (κ2) is 8.97. The highest BCUT2D eigenvalue weighted by atomic mass is 16.5. The van der Waals surface area contributed by atoms with Gasteiger partial charge in [0, 0.05) is 5.92 Å². The van der Waals surface area contributed by atoms with Crippen molar-refractivity contribution in [3.8, 4) is 0 Å². The number of unbranched alkanes of at least 4 members (excludes halogenated alkanes) is 6. The molecule has 19 heavy (non-hydrogen) atoms. The molecule has 1 aliphatic heterocycles. The minimum absolute atomic E-state index is 0.175. The Balaban J connectivity index is 2.12. The molecule has 0 amide bonds. The molecular formula is C17H34O2. The summed E-state index contributed by atoms with van der Waals surface area (Å²) >= 11 is 0. The number of ether oxygens (including phenoxy) is 1. The summed E-state index contributed by atoms with van der Waals surface area (Å²) in [5.41, 5.74) is 0. The van der Waals surface area contributed by atoms with Crippen LogP contribution >= 0.6 is 0 Å². The molecule has 114 valence electrons. The van der Waals surface area contributed by atoms with Crippen LogP contribution in [-0.2, 0) is 4.74 Å². The lowest BCUT2D eigenvalue weighted by Crippen LogP contribution is -2.30. The summed E-state index contributed by atoms with van der Waals surface area (Å²) in [5.74, 6) is 0.810. The van der Waals surface area contributed by atoms with E-state index < -0.39 is 0 Å². The molecule has 0 saturated carbocycles. The molecule has 2 heteroatoms. The molecule has 1 aliphatic rings. The molecule has 1 saturated heterocycles. The first kappa shape index (κ1) is 17.0. The fourth-order valence-corrected chi connectivity index (χ4v) is 3.46. The highest BCUT2D eigenvalue weighted by Crippen LogP contribution is 2.35. The molecule has 0 radical (unpaired) electrons. The van der Waals surface area contributed by atoms with E-state index >= 15 is 0 Å². The van der Waals surface area contributed by atoms with Gasteiger partial charge in [0.05, 0.1) is 18.3 Å². The van der Waals surface area contributed by atoms with Gasteiger partial charge >= 0.3 is 0 Å². The minimum atomic E-state index is -0.175. The van der Waals surface area contributed by atoms with E-state index in [1.807, 2.05) is 0 Å². The maximum Gasteiger partial charge on any atom is 0.0607 e. The van der Waals surface area contributed by atoms with Gasteiger partial charge in [0.2, 0.25) is 0 Å². The first-order chi connectivity index (χ1) is 9.07. The Kier molecular flexibility index (Phi) is 8.01. The van der Waals surface area contributed by atoms with Gasteiger partial charge in [-0.05, 0) is 26.2 Å². The van der Waals surface area contributed by atoms with E-state index in [1.165, 1.54) is 38.5 Å². The van der Waals surface area contributed by atoms with Gasteiger partial charge in [-0.15, -0.1) is 0 Å². The Morgan fingerprint density at radius 3 is 2.00 bits per heavy atom. The molecule has 5 atom stereocenters. The van der Waals surface area contributed by atoms with Crippen LogP contribution in [0.3, 0.4) is 0 Å². The lowest BCUT2D eigenvalue weighted by atomic mass is 9.83. The van der Waals surface area contributed by atoms with Gasteiger partial charge < -0.3 is 9.84 Å². The summed E-state index contributed by atoms with van der Waals surface area (Å²) in [6, 6.07) is 0. The molecule has 0 aromatic rings. The van der Waals surface area contributed by atoms with Gasteiger partial charge in [0.15, 0.2) is 0 Å². The van der Waals surface area contributed by atoms with Gasteiger partial charge in [-0.2, -0.15) is 0 Å². The predicted molar refractivity (Wildman–Crippen MR) is 81.3 cm³/mol. The highest BCUT2D eigenvalue weighted by Gasteiger charge is 2.40. The molecule has 1 fully saturated rings. The summed E-state index contributed by atoms with van der Waals surface area (Å²) in [5, 5.41) is 10.4. The summed E-state index contributed by atoms with van der Waals surface area (Å²) < 4.78 is 5.82. The maximum absolute atomic E-state index is 10.4. The first-order valence-electron chi connectivity index (χ1n) is 8.41. The first-order valence-corrected chi connectivity index (χ1v) is 8.41. The van der Waals surface area contributed by atoms with Crippen molar-refractivity contribution in [2.24, 2.45) is 11.8 Å². The number of hydrogen-bond donors (Lipinski definition) is 1. The molecule has 0 bridgehead atoms. The van der Waals surface area contributed by atoms with Gasteiger partial charge in [-0.25, -0.2) is 0 Å². The molecular weight excluding hydrogens is 236 g/mol. The van der Waals surface area contributed by atoms with Gasteiger partial charge in [0.1, 0.15) is 0 Å². The van der Waals surface area contributed by atoms with Crippen molar-refractivity contribution in [3.05, 3.63) is 0 Å². The van der Waals surface area contributed by atoms with Crippen LogP contribution in [-0.4, -0.2) is 23.4 Å². The molecule has 0 spiro atoms. The maximum atomic E-state index is 10.4. The number of aliphatic hydroxyl groups is 1. The summed E-state index contributed by atoms with van der Waals surface area (Å²) in [4.78, 5) is 0. The van der Waals surface area contributed by atoms with E-state index in [0.717, 1.165) is 12.8 Å². The fourth-order valence-electron chi connectivity index (χ4n) is 3.46. The number of rotatable bonds is 9. The van der Waals surface area contributed by atoms with Crippen LogP contribution in [0.2, 0.25) is 0 Å². The smallest absolute Gasteiger partial charge is 0.0607 e. The van der Waals surface area contributed by atoms with Crippen LogP contribution < -0.4 is 0 Å². The molecule has 1 rings (SSSR count). The zero-order valence-electron chi connectivity index (χ0n) is 13.4. The van der Waals surface area contributed by atoms with Crippen molar-refractivity contribution in [2.45, 2.75) is 97.4 Å². The average Bonchev–Trinajstić information content (AvgIpc) is 2.62. The van der Waals surface area contributed by atoms with Gasteiger partial charge in [-0.1, -0.05) is 58.8 Å². The monoisotopic (exact) mass is 270 g/mol. The minimum Gasteiger partial charge on any atom is -0.393 e. The molecule has 1 heterocycles. The average molecular weight is 270 g/mol. The van der Waals surface area contributed by atoms with Crippen LogP contribution in [0.15, 0.2) is 0 Å². The Bertz CT molecular complexity index is 229. The number of hydrogen-bond acceptors (Lipinski definition) is 2. The van der Waals surface area contributed by atoms with Crippen LogP contribution in [0, 0.1) is 11.8 Å². The normalized spacial score (nSPS) is 32.7. The Morgan fingerprint density at radius 1 is 0.895 bits per heavy atom. The van der Waals surface area contributed by atoms with E-state index in [1.54, 1.807) is 0 Å².